The van der Waals surface area contributed by atoms with Gasteiger partial charge in [-0.3, -0.25) is 19.3 Å². The van der Waals surface area contributed by atoms with E-state index in [0.717, 1.165) is 92.1 Å². The standard InChI is InChI=1S/C44H48N4O5/c1-2-39(31-9-5-3-6-10-31)42(32-11-16-36(49)17-12-32)33-13-18-38(19-14-33)53-26-8-4-7-21-46-22-24-47(25-23-46)35-15-20-40-34(27-35)30-48(44(40)52)41-28-37(50)29-45-43(41)51/h3,5-6,9-20,27,41,49H,2,4,7-8,21-26,28-30H2,1H3,(H,45,51). The van der Waals surface area contributed by atoms with Gasteiger partial charge in [0.25, 0.3) is 5.91 Å². The Morgan fingerprint density at radius 3 is 2.25 bits per heavy atom. The van der Waals surface area contributed by atoms with Crippen molar-refractivity contribution in [1.29, 1.82) is 0 Å². The smallest absolute Gasteiger partial charge is 0.255 e. The van der Waals surface area contributed by atoms with Crippen LogP contribution in [0.5, 0.6) is 11.5 Å². The van der Waals surface area contributed by atoms with Crippen LogP contribution >= 0.6 is 0 Å². The Bertz CT molecular complexity index is 1950. The summed E-state index contributed by atoms with van der Waals surface area (Å²) in [4.78, 5) is 43.9. The molecule has 0 bridgehead atoms. The number of unbranched alkanes of at least 4 members (excludes halogenated alkanes) is 2. The Kier molecular flexibility index (Phi) is 11.2. The third kappa shape index (κ3) is 8.31. The molecule has 0 radical (unpaired) electrons. The first kappa shape index (κ1) is 36.0. The van der Waals surface area contributed by atoms with E-state index in [1.165, 1.54) is 11.1 Å². The predicted molar refractivity (Wildman–Crippen MR) is 208 cm³/mol. The second-order valence-corrected chi connectivity index (χ2v) is 14.1. The van der Waals surface area contributed by atoms with E-state index < -0.39 is 6.04 Å². The summed E-state index contributed by atoms with van der Waals surface area (Å²) in [6.45, 7) is 8.14. The Hall–Kier alpha value is -5.41. The van der Waals surface area contributed by atoms with Crippen LogP contribution in [0.3, 0.4) is 0 Å². The van der Waals surface area contributed by atoms with Crippen molar-refractivity contribution in [2.75, 3.05) is 50.8 Å². The number of phenols is 1. The van der Waals surface area contributed by atoms with E-state index in [1.54, 1.807) is 17.0 Å². The maximum atomic E-state index is 13.1. The molecule has 9 heteroatoms. The lowest BCUT2D eigenvalue weighted by molar-refractivity contribution is -0.134. The van der Waals surface area contributed by atoms with Gasteiger partial charge in [0, 0.05) is 50.4 Å². The Balaban J connectivity index is 0.855. The highest BCUT2D eigenvalue weighted by molar-refractivity contribution is 6.04. The van der Waals surface area contributed by atoms with Gasteiger partial charge in [-0.05, 0) is 108 Å². The number of rotatable bonds is 13. The number of benzene rings is 4. The van der Waals surface area contributed by atoms with Crippen molar-refractivity contribution < 1.29 is 24.2 Å². The molecule has 2 N–H and O–H groups in total. The maximum absolute atomic E-state index is 13.1. The fourth-order valence-corrected chi connectivity index (χ4v) is 7.77. The largest absolute Gasteiger partial charge is 0.508 e. The van der Waals surface area contributed by atoms with Crippen molar-refractivity contribution in [2.45, 2.75) is 51.6 Å². The van der Waals surface area contributed by atoms with E-state index in [1.807, 2.05) is 30.3 Å². The van der Waals surface area contributed by atoms with Gasteiger partial charge in [-0.2, -0.15) is 0 Å². The fraction of sp³-hybridized carbons (Fsp3) is 0.341. The summed E-state index contributed by atoms with van der Waals surface area (Å²) in [6, 6.07) is 31.5. The number of allylic oxidation sites excluding steroid dienone is 1. The summed E-state index contributed by atoms with van der Waals surface area (Å²) >= 11 is 0. The molecule has 53 heavy (non-hydrogen) atoms. The van der Waals surface area contributed by atoms with Crippen LogP contribution in [0.2, 0.25) is 0 Å². The molecule has 7 rings (SSSR count). The van der Waals surface area contributed by atoms with Crippen molar-refractivity contribution in [3.63, 3.8) is 0 Å². The number of hydrogen-bond acceptors (Lipinski definition) is 7. The molecule has 2 amide bonds. The van der Waals surface area contributed by atoms with Crippen LogP contribution in [-0.2, 0) is 16.1 Å². The first-order valence-corrected chi connectivity index (χ1v) is 18.9. The zero-order chi connectivity index (χ0) is 36.7. The Morgan fingerprint density at radius 1 is 0.811 bits per heavy atom. The van der Waals surface area contributed by atoms with E-state index >= 15 is 0 Å². The summed E-state index contributed by atoms with van der Waals surface area (Å²) in [7, 11) is 0. The number of anilines is 1. The van der Waals surface area contributed by atoms with Gasteiger partial charge in [0.2, 0.25) is 5.91 Å². The van der Waals surface area contributed by atoms with Crippen LogP contribution in [0.4, 0.5) is 5.69 Å². The molecule has 0 saturated carbocycles. The van der Waals surface area contributed by atoms with E-state index in [2.05, 4.69) is 76.6 Å². The lowest BCUT2D eigenvalue weighted by Crippen LogP contribution is -2.53. The number of carbonyl (C=O) groups excluding carboxylic acids is 3. The number of Topliss-reactive ketones (excluding diaryl/α,β-unsaturated/α-hetero) is 1. The highest BCUT2D eigenvalue weighted by Gasteiger charge is 2.39. The van der Waals surface area contributed by atoms with Crippen molar-refractivity contribution >= 4 is 34.4 Å². The van der Waals surface area contributed by atoms with Crippen molar-refractivity contribution in [1.82, 2.24) is 15.1 Å². The summed E-state index contributed by atoms with van der Waals surface area (Å²) in [5.74, 6) is 0.650. The molecular weight excluding hydrogens is 665 g/mol. The van der Waals surface area contributed by atoms with E-state index in [0.29, 0.717) is 18.7 Å². The van der Waals surface area contributed by atoms with Gasteiger partial charge in [0.05, 0.1) is 13.2 Å². The first-order chi connectivity index (χ1) is 25.9. The molecule has 3 aliphatic rings. The number of nitrogens with one attached hydrogen (secondary N) is 1. The molecule has 4 aromatic carbocycles. The molecule has 3 aliphatic heterocycles. The minimum atomic E-state index is -0.727. The minimum absolute atomic E-state index is 0.0459. The van der Waals surface area contributed by atoms with Crippen LogP contribution < -0.4 is 15.0 Å². The molecule has 1 atom stereocenters. The third-order valence-corrected chi connectivity index (χ3v) is 10.7. The van der Waals surface area contributed by atoms with Crippen LogP contribution in [0.1, 0.15) is 71.6 Å². The minimum Gasteiger partial charge on any atom is -0.508 e. The number of ether oxygens (including phenoxy) is 1. The van der Waals surface area contributed by atoms with E-state index in [9.17, 15) is 19.5 Å². The number of piperazine rings is 1. The number of carbonyl (C=O) groups is 3. The van der Waals surface area contributed by atoms with E-state index in [-0.39, 0.29) is 36.3 Å². The van der Waals surface area contributed by atoms with Gasteiger partial charge in [0.15, 0.2) is 5.78 Å². The lowest BCUT2D eigenvalue weighted by atomic mass is 9.88. The molecule has 1 unspecified atom stereocenters. The van der Waals surface area contributed by atoms with Gasteiger partial charge >= 0.3 is 0 Å². The number of hydrogen-bond donors (Lipinski definition) is 2. The molecule has 0 spiro atoms. The molecule has 0 aromatic heterocycles. The Labute approximate surface area is 311 Å². The second-order valence-electron chi connectivity index (χ2n) is 14.1. The number of nitrogens with zero attached hydrogens (tertiary/aromatic N) is 3. The average Bonchev–Trinajstić information content (AvgIpc) is 3.52. The molecule has 2 saturated heterocycles. The summed E-state index contributed by atoms with van der Waals surface area (Å²) in [6.07, 6.45) is 4.18. The quantitative estimate of drug-likeness (QED) is 0.120. The molecule has 9 nitrogen and oxygen atoms in total. The van der Waals surface area contributed by atoms with Gasteiger partial charge in [-0.1, -0.05) is 61.5 Å². The van der Waals surface area contributed by atoms with E-state index in [4.69, 9.17) is 4.74 Å². The van der Waals surface area contributed by atoms with Crippen LogP contribution in [0, 0.1) is 0 Å². The number of amides is 2. The molecule has 2 fully saturated rings. The summed E-state index contributed by atoms with van der Waals surface area (Å²) in [5.41, 5.74) is 8.44. The molecule has 0 aliphatic carbocycles. The van der Waals surface area contributed by atoms with Crippen LogP contribution in [-0.4, -0.2) is 84.4 Å². The molecule has 3 heterocycles. The second kappa shape index (κ2) is 16.5. The normalized spacial score (nSPS) is 18.1. The van der Waals surface area contributed by atoms with Crippen LogP contribution in [0.15, 0.2) is 97.1 Å². The monoisotopic (exact) mass is 712 g/mol. The van der Waals surface area contributed by atoms with Gasteiger partial charge in [0.1, 0.15) is 17.5 Å². The zero-order valence-electron chi connectivity index (χ0n) is 30.4. The molecule has 4 aromatic rings. The number of fused-ring (bicyclic) bond motifs is 1. The van der Waals surface area contributed by atoms with Gasteiger partial charge in [-0.15, -0.1) is 0 Å². The zero-order valence-corrected chi connectivity index (χ0v) is 30.4. The number of piperidine rings is 1. The highest BCUT2D eigenvalue weighted by Crippen LogP contribution is 2.36. The van der Waals surface area contributed by atoms with Crippen molar-refractivity contribution in [3.8, 4) is 11.5 Å². The van der Waals surface area contributed by atoms with Gasteiger partial charge < -0.3 is 25.0 Å². The number of aromatic hydroxyl groups is 1. The third-order valence-electron chi connectivity index (χ3n) is 10.7. The number of ketones is 1. The van der Waals surface area contributed by atoms with Gasteiger partial charge in [-0.25, -0.2) is 0 Å². The molecule has 274 valence electrons. The maximum Gasteiger partial charge on any atom is 0.255 e. The topological polar surface area (TPSA) is 102 Å². The highest BCUT2D eigenvalue weighted by atomic mass is 16.5. The fourth-order valence-electron chi connectivity index (χ4n) is 7.77. The Morgan fingerprint density at radius 2 is 1.53 bits per heavy atom. The van der Waals surface area contributed by atoms with Crippen molar-refractivity contribution in [2.24, 2.45) is 0 Å². The first-order valence-electron chi connectivity index (χ1n) is 18.9. The molecular formula is C44H48N4O5. The van der Waals surface area contributed by atoms with Crippen molar-refractivity contribution in [3.05, 3.63) is 125 Å². The lowest BCUT2D eigenvalue weighted by Gasteiger charge is -2.36. The number of phenolic OH excluding ortho intramolecular Hbond substituents is 1. The SMILES string of the molecule is CCC(=C(c1ccc(O)cc1)c1ccc(OCCCCCN2CCN(c3ccc4c(c3)CN(C3CC(=O)CNC3=O)C4=O)CC2)cc1)c1ccccc1. The average molecular weight is 713 g/mol. The summed E-state index contributed by atoms with van der Waals surface area (Å²) < 4.78 is 6.15. The van der Waals surface area contributed by atoms with Crippen LogP contribution in [0.25, 0.3) is 11.1 Å². The summed E-state index contributed by atoms with van der Waals surface area (Å²) in [5, 5.41) is 12.5. The predicted octanol–water partition coefficient (Wildman–Crippen LogP) is 6.55.